The first-order valence-corrected chi connectivity index (χ1v) is 25.4. The van der Waals surface area contributed by atoms with Crippen LogP contribution in [0.25, 0.3) is 133 Å². The zero-order valence-electron chi connectivity index (χ0n) is 41.1. The van der Waals surface area contributed by atoms with Crippen LogP contribution in [-0.2, 0) is 5.41 Å². The zero-order chi connectivity index (χ0) is 49.2. The van der Waals surface area contributed by atoms with Gasteiger partial charge in [-0.05, 0) is 97.1 Å². The molecule has 350 valence electrons. The minimum Gasteiger partial charge on any atom is -0.309 e. The van der Waals surface area contributed by atoms with Gasteiger partial charge in [-0.2, -0.15) is 0 Å². The maximum atomic E-state index is 5.56. The van der Waals surface area contributed by atoms with E-state index in [9.17, 15) is 0 Å². The van der Waals surface area contributed by atoms with Crippen LogP contribution in [0.1, 0.15) is 26.6 Å². The van der Waals surface area contributed by atoms with Gasteiger partial charge in [0.25, 0.3) is 0 Å². The summed E-state index contributed by atoms with van der Waals surface area (Å²) in [5.41, 5.74) is 14.7. The molecule has 0 bridgehead atoms. The molecule has 5 aromatic heterocycles. The fourth-order valence-corrected chi connectivity index (χ4v) is 11.8. The van der Waals surface area contributed by atoms with Gasteiger partial charge in [-0.15, -0.1) is 0 Å². The summed E-state index contributed by atoms with van der Waals surface area (Å²) in [5.74, 6) is 1.95. The summed E-state index contributed by atoms with van der Waals surface area (Å²) >= 11 is 0. The van der Waals surface area contributed by atoms with E-state index in [1.54, 1.807) is 0 Å². The highest BCUT2D eigenvalue weighted by atomic mass is 15.1. The molecule has 0 radical (unpaired) electrons. The van der Waals surface area contributed by atoms with Crippen molar-refractivity contribution >= 4 is 87.2 Å². The van der Waals surface area contributed by atoms with Crippen molar-refractivity contribution in [3.63, 3.8) is 0 Å². The van der Waals surface area contributed by atoms with Gasteiger partial charge in [0, 0.05) is 71.0 Å². The molecule has 0 unspecified atom stereocenters. The van der Waals surface area contributed by atoms with E-state index in [2.05, 4.69) is 270 Å². The molecule has 0 aliphatic rings. The SMILES string of the molecule is CC(C)(C)c1nc(-c2ccccc2-n2c3ccccc3c3cc4c5ccccc5n(-c5ccccc5)c4cc32)nc(-c2ccccc2-n2c3ccccc3c3cc4c5ccccc5n(-c5ccccc5)c4cc32)n1. The summed E-state index contributed by atoms with van der Waals surface area (Å²) in [6.07, 6.45) is 0. The average Bonchev–Trinajstić information content (AvgIpc) is 4.17. The Morgan fingerprint density at radius 1 is 0.270 bits per heavy atom. The monoisotopic (exact) mass is 949 g/mol. The molecular formula is C67H47N7. The van der Waals surface area contributed by atoms with Gasteiger partial charge in [-0.25, -0.2) is 15.0 Å². The first-order chi connectivity index (χ1) is 36.4. The van der Waals surface area contributed by atoms with E-state index in [1.165, 1.54) is 54.1 Å². The van der Waals surface area contributed by atoms with E-state index in [4.69, 9.17) is 15.0 Å². The van der Waals surface area contributed by atoms with Gasteiger partial charge in [0.2, 0.25) is 0 Å². The lowest BCUT2D eigenvalue weighted by molar-refractivity contribution is 0.543. The van der Waals surface area contributed by atoms with Crippen LogP contribution in [0.5, 0.6) is 0 Å². The Hall–Kier alpha value is -9.59. The molecule has 7 nitrogen and oxygen atoms in total. The van der Waals surface area contributed by atoms with Crippen LogP contribution in [0, 0.1) is 0 Å². The van der Waals surface area contributed by atoms with E-state index in [-0.39, 0.29) is 0 Å². The van der Waals surface area contributed by atoms with E-state index in [1.807, 2.05) is 0 Å². The Balaban J connectivity index is 0.970. The molecule has 0 N–H and O–H groups in total. The molecule has 0 fully saturated rings. The van der Waals surface area contributed by atoms with Crippen molar-refractivity contribution in [1.82, 2.24) is 33.2 Å². The number of nitrogens with zero attached hydrogens (tertiary/aromatic N) is 7. The first-order valence-electron chi connectivity index (χ1n) is 25.4. The summed E-state index contributed by atoms with van der Waals surface area (Å²) in [6.45, 7) is 6.55. The van der Waals surface area contributed by atoms with Crippen LogP contribution < -0.4 is 0 Å². The second-order valence-corrected chi connectivity index (χ2v) is 20.4. The Bertz CT molecular complexity index is 4460. The Morgan fingerprint density at radius 3 is 0.959 bits per heavy atom. The fourth-order valence-electron chi connectivity index (χ4n) is 11.8. The minimum atomic E-state index is -0.400. The Labute approximate surface area is 426 Å². The summed E-state index contributed by atoms with van der Waals surface area (Å²) < 4.78 is 9.61. The molecule has 0 spiro atoms. The van der Waals surface area contributed by atoms with Crippen LogP contribution in [0.15, 0.2) is 231 Å². The summed E-state index contributed by atoms with van der Waals surface area (Å²) in [7, 11) is 0. The number of aromatic nitrogens is 7. The van der Waals surface area contributed by atoms with E-state index < -0.39 is 5.41 Å². The van der Waals surface area contributed by atoms with Gasteiger partial charge in [-0.3, -0.25) is 0 Å². The lowest BCUT2D eigenvalue weighted by atomic mass is 9.95. The van der Waals surface area contributed by atoms with Gasteiger partial charge >= 0.3 is 0 Å². The molecule has 0 aliphatic heterocycles. The van der Waals surface area contributed by atoms with E-state index in [0.29, 0.717) is 11.6 Å². The van der Waals surface area contributed by atoms with Crippen molar-refractivity contribution in [3.8, 4) is 45.5 Å². The number of rotatable bonds is 6. The smallest absolute Gasteiger partial charge is 0.165 e. The van der Waals surface area contributed by atoms with Crippen molar-refractivity contribution in [3.05, 3.63) is 236 Å². The number of hydrogen-bond donors (Lipinski definition) is 0. The first kappa shape index (κ1) is 42.1. The third kappa shape index (κ3) is 6.23. The molecule has 5 heterocycles. The molecule has 15 rings (SSSR count). The highest BCUT2D eigenvalue weighted by molar-refractivity contribution is 6.21. The van der Waals surface area contributed by atoms with Gasteiger partial charge < -0.3 is 18.3 Å². The molecule has 7 heteroatoms. The summed E-state index contributed by atoms with van der Waals surface area (Å²) in [6, 6.07) is 83.1. The molecule has 0 aliphatic carbocycles. The number of benzene rings is 10. The lowest BCUT2D eigenvalue weighted by Crippen LogP contribution is -2.18. The third-order valence-corrected chi connectivity index (χ3v) is 15.0. The van der Waals surface area contributed by atoms with Crippen molar-refractivity contribution in [2.75, 3.05) is 0 Å². The maximum absolute atomic E-state index is 5.56. The highest BCUT2D eigenvalue weighted by Crippen LogP contribution is 2.44. The average molecular weight is 950 g/mol. The zero-order valence-corrected chi connectivity index (χ0v) is 41.1. The normalized spacial score (nSPS) is 12.3. The van der Waals surface area contributed by atoms with Gasteiger partial charge in [0.15, 0.2) is 11.6 Å². The molecule has 0 saturated heterocycles. The summed E-state index contributed by atoms with van der Waals surface area (Å²) in [5, 5.41) is 9.63. The fraction of sp³-hybridized carbons (Fsp3) is 0.0597. The molecular weight excluding hydrogens is 903 g/mol. The van der Waals surface area contributed by atoms with Gasteiger partial charge in [0.1, 0.15) is 5.82 Å². The molecule has 0 atom stereocenters. The van der Waals surface area contributed by atoms with Crippen molar-refractivity contribution in [1.29, 1.82) is 0 Å². The second kappa shape index (κ2) is 16.0. The van der Waals surface area contributed by atoms with E-state index >= 15 is 0 Å². The van der Waals surface area contributed by atoms with Crippen LogP contribution >= 0.6 is 0 Å². The van der Waals surface area contributed by atoms with E-state index in [0.717, 1.165) is 72.8 Å². The maximum Gasteiger partial charge on any atom is 0.165 e. The van der Waals surface area contributed by atoms with Gasteiger partial charge in [0.05, 0.1) is 55.5 Å². The Morgan fingerprint density at radius 2 is 0.581 bits per heavy atom. The lowest BCUT2D eigenvalue weighted by Gasteiger charge is -2.20. The number of hydrogen-bond acceptors (Lipinski definition) is 3. The van der Waals surface area contributed by atoms with Crippen molar-refractivity contribution < 1.29 is 0 Å². The predicted octanol–water partition coefficient (Wildman–Crippen LogP) is 16.9. The second-order valence-electron chi connectivity index (χ2n) is 20.4. The quantitative estimate of drug-likeness (QED) is 0.167. The summed E-state index contributed by atoms with van der Waals surface area (Å²) in [4.78, 5) is 16.4. The largest absolute Gasteiger partial charge is 0.309 e. The van der Waals surface area contributed by atoms with Crippen LogP contribution in [0.3, 0.4) is 0 Å². The molecule has 74 heavy (non-hydrogen) atoms. The van der Waals surface area contributed by atoms with Crippen LogP contribution in [0.4, 0.5) is 0 Å². The Kier molecular flexibility index (Phi) is 9.08. The standard InChI is InChI=1S/C67H47N7/c1-67(2,3)66-69-64(48-30-14-20-36-58(48)73-56-34-18-12-28-46(56)52-38-50-44-26-10-16-32-54(44)71(60(50)40-62(52)73)42-22-6-4-7-23-42)68-65(70-66)49-31-15-21-37-59(49)74-57-35-19-13-29-47(57)53-39-51-45-27-11-17-33-55(45)72(61(51)41-63(53)74)43-24-8-5-9-25-43/h4-41H,1-3H3. The van der Waals surface area contributed by atoms with Crippen LogP contribution in [0.2, 0.25) is 0 Å². The van der Waals surface area contributed by atoms with Crippen molar-refractivity contribution in [2.24, 2.45) is 0 Å². The van der Waals surface area contributed by atoms with Gasteiger partial charge in [-0.1, -0.05) is 154 Å². The highest BCUT2D eigenvalue weighted by Gasteiger charge is 2.27. The minimum absolute atomic E-state index is 0.400. The molecule has 10 aromatic carbocycles. The topological polar surface area (TPSA) is 58.4 Å². The van der Waals surface area contributed by atoms with Crippen molar-refractivity contribution in [2.45, 2.75) is 26.2 Å². The molecule has 0 amide bonds. The molecule has 0 saturated carbocycles. The molecule has 15 aromatic rings. The number of para-hydroxylation sites is 8. The van der Waals surface area contributed by atoms with Crippen LogP contribution in [-0.4, -0.2) is 33.2 Å². The third-order valence-electron chi connectivity index (χ3n) is 15.0. The number of fused-ring (bicyclic) bond motifs is 12. The predicted molar refractivity (Wildman–Crippen MR) is 307 cm³/mol.